The number of unbranched alkanes of at least 4 members (excludes halogenated alkanes) is 1. The van der Waals surface area contributed by atoms with Crippen molar-refractivity contribution in [1.82, 2.24) is 16.0 Å². The van der Waals surface area contributed by atoms with E-state index >= 15 is 0 Å². The SMILES string of the molecule is CCNC(=O)[C@H](N)Cc1ccccc1.Cc1ccc(O)cc1.Cc1ccccc1.NCCCCC(NC=O)C(=O)NCC(=O)O. The largest absolute Gasteiger partial charge is 0.508 e. The van der Waals surface area contributed by atoms with Crippen LogP contribution in [0.15, 0.2) is 84.9 Å². The highest BCUT2D eigenvalue weighted by atomic mass is 16.4. The van der Waals surface area contributed by atoms with Crippen LogP contribution in [0, 0.1) is 13.8 Å². The molecule has 0 saturated heterocycles. The van der Waals surface area contributed by atoms with E-state index in [0.29, 0.717) is 44.5 Å². The Balaban J connectivity index is 0.000000602. The molecule has 45 heavy (non-hydrogen) atoms. The molecule has 0 heterocycles. The summed E-state index contributed by atoms with van der Waals surface area (Å²) in [6, 6.07) is 26.0. The summed E-state index contributed by atoms with van der Waals surface area (Å²) in [5, 5.41) is 24.4. The van der Waals surface area contributed by atoms with E-state index in [2.05, 4.69) is 35.0 Å². The standard InChI is InChI=1S/C11H16N2O.C9H17N3O4.C7H8O.C7H8/c1-2-13-11(14)10(12)8-9-6-4-3-5-7-9;10-4-2-1-3-7(12-6-13)9(16)11-5-8(14)15;1-6-2-4-7(8)5-3-6;1-7-5-3-2-4-6-7/h3-7,10H,2,8,12H2,1H3,(H,13,14);6-7H,1-5,10H2,(H,11,16)(H,12,13)(H,14,15);2-5,8H,1H3;2-6H,1H3/t10-;;;/m1.../s1. The van der Waals surface area contributed by atoms with Crippen LogP contribution in [0.5, 0.6) is 5.75 Å². The van der Waals surface area contributed by atoms with Crippen LogP contribution in [-0.4, -0.2) is 66.1 Å². The molecule has 0 aliphatic rings. The Bertz CT molecular complexity index is 1190. The van der Waals surface area contributed by atoms with Gasteiger partial charge in [0, 0.05) is 6.54 Å². The maximum absolute atomic E-state index is 11.4. The number of amides is 3. The first kappa shape index (κ1) is 40.3. The summed E-state index contributed by atoms with van der Waals surface area (Å²) in [4.78, 5) is 43.2. The molecule has 9 N–H and O–H groups in total. The second-order valence-electron chi connectivity index (χ2n) is 9.91. The van der Waals surface area contributed by atoms with E-state index in [4.69, 9.17) is 21.7 Å². The van der Waals surface area contributed by atoms with Crippen LogP contribution in [0.25, 0.3) is 0 Å². The Hall–Kier alpha value is -4.74. The van der Waals surface area contributed by atoms with Crippen LogP contribution in [-0.2, 0) is 25.6 Å². The van der Waals surface area contributed by atoms with Gasteiger partial charge in [0.15, 0.2) is 0 Å². The van der Waals surface area contributed by atoms with Crippen molar-refractivity contribution in [3.63, 3.8) is 0 Å². The van der Waals surface area contributed by atoms with Gasteiger partial charge in [-0.1, -0.05) is 83.9 Å². The third kappa shape index (κ3) is 22.5. The van der Waals surface area contributed by atoms with Crippen molar-refractivity contribution in [1.29, 1.82) is 0 Å². The van der Waals surface area contributed by atoms with Gasteiger partial charge in [0.05, 0.1) is 6.04 Å². The molecule has 2 atom stereocenters. The molecular formula is C34H49N5O6. The summed E-state index contributed by atoms with van der Waals surface area (Å²) in [6.45, 7) is 6.64. The molecule has 0 saturated carbocycles. The molecule has 0 radical (unpaired) electrons. The number of rotatable bonds is 13. The number of hydrogen-bond acceptors (Lipinski definition) is 7. The molecule has 1 unspecified atom stereocenters. The topological polar surface area (TPSA) is 197 Å². The maximum Gasteiger partial charge on any atom is 0.322 e. The maximum atomic E-state index is 11.4. The van der Waals surface area contributed by atoms with E-state index in [0.717, 1.165) is 12.0 Å². The number of phenols is 1. The predicted molar refractivity (Wildman–Crippen MR) is 177 cm³/mol. The predicted octanol–water partition coefficient (Wildman–Crippen LogP) is 2.82. The van der Waals surface area contributed by atoms with Gasteiger partial charge in [-0.25, -0.2) is 0 Å². The highest BCUT2D eigenvalue weighted by Gasteiger charge is 2.17. The molecule has 3 aromatic rings. The fourth-order valence-corrected chi connectivity index (χ4v) is 3.50. The smallest absolute Gasteiger partial charge is 0.322 e. The van der Waals surface area contributed by atoms with E-state index in [1.165, 1.54) is 11.1 Å². The van der Waals surface area contributed by atoms with Crippen LogP contribution < -0.4 is 27.4 Å². The summed E-state index contributed by atoms with van der Waals surface area (Å²) in [5.41, 5.74) is 14.6. The number of nitrogens with two attached hydrogens (primary N) is 2. The monoisotopic (exact) mass is 623 g/mol. The average Bonchev–Trinajstić information content (AvgIpc) is 3.03. The Morgan fingerprint density at radius 2 is 1.38 bits per heavy atom. The number of likely N-dealkylation sites (N-methyl/N-ethyl adjacent to an activating group) is 1. The van der Waals surface area contributed by atoms with Crippen molar-refractivity contribution in [2.24, 2.45) is 11.5 Å². The van der Waals surface area contributed by atoms with Gasteiger partial charge >= 0.3 is 5.97 Å². The lowest BCUT2D eigenvalue weighted by Crippen LogP contribution is -2.45. The van der Waals surface area contributed by atoms with Crippen LogP contribution in [0.4, 0.5) is 0 Å². The Morgan fingerprint density at radius 3 is 1.82 bits per heavy atom. The Kier molecular flexibility index (Phi) is 23.0. The van der Waals surface area contributed by atoms with Crippen LogP contribution in [0.1, 0.15) is 42.9 Å². The van der Waals surface area contributed by atoms with Crippen molar-refractivity contribution >= 4 is 24.2 Å². The highest BCUT2D eigenvalue weighted by Crippen LogP contribution is 2.07. The first-order chi connectivity index (χ1) is 21.5. The minimum Gasteiger partial charge on any atom is -0.508 e. The summed E-state index contributed by atoms with van der Waals surface area (Å²) in [6.07, 6.45) is 2.91. The summed E-state index contributed by atoms with van der Waals surface area (Å²) < 4.78 is 0. The zero-order valence-corrected chi connectivity index (χ0v) is 26.4. The van der Waals surface area contributed by atoms with Gasteiger partial charge < -0.3 is 37.6 Å². The molecule has 11 heteroatoms. The van der Waals surface area contributed by atoms with Gasteiger partial charge in [-0.15, -0.1) is 0 Å². The quantitative estimate of drug-likeness (QED) is 0.111. The number of phenolic OH excluding ortho intramolecular Hbond substituents is 1. The number of carbonyl (C=O) groups is 4. The second kappa shape index (κ2) is 25.7. The van der Waals surface area contributed by atoms with Gasteiger partial charge in [-0.2, -0.15) is 0 Å². The molecule has 246 valence electrons. The van der Waals surface area contributed by atoms with Crippen molar-refractivity contribution in [2.75, 3.05) is 19.6 Å². The van der Waals surface area contributed by atoms with Crippen LogP contribution in [0.3, 0.4) is 0 Å². The lowest BCUT2D eigenvalue weighted by atomic mass is 10.1. The molecule has 0 aliphatic heterocycles. The number of aliphatic carboxylic acids is 1. The minimum absolute atomic E-state index is 0.0867. The number of hydrogen-bond donors (Lipinski definition) is 7. The molecule has 0 bridgehead atoms. The highest BCUT2D eigenvalue weighted by molar-refractivity contribution is 5.86. The lowest BCUT2D eigenvalue weighted by Gasteiger charge is -2.14. The Labute approximate surface area is 266 Å². The number of aromatic hydroxyl groups is 1. The minimum atomic E-state index is -1.12. The molecule has 0 spiro atoms. The molecule has 11 nitrogen and oxygen atoms in total. The third-order valence-electron chi connectivity index (χ3n) is 5.91. The number of nitrogens with one attached hydrogen (secondary N) is 3. The van der Waals surface area contributed by atoms with Crippen molar-refractivity contribution < 1.29 is 29.4 Å². The number of carboxylic acids is 1. The van der Waals surface area contributed by atoms with Gasteiger partial charge in [0.25, 0.3) is 0 Å². The molecular weight excluding hydrogens is 574 g/mol. The number of carbonyl (C=O) groups excluding carboxylic acids is 3. The summed E-state index contributed by atoms with van der Waals surface area (Å²) >= 11 is 0. The van der Waals surface area contributed by atoms with E-state index in [1.807, 2.05) is 74.5 Å². The molecule has 0 aromatic heterocycles. The van der Waals surface area contributed by atoms with Crippen LogP contribution in [0.2, 0.25) is 0 Å². The van der Waals surface area contributed by atoms with E-state index in [1.54, 1.807) is 12.1 Å². The molecule has 3 rings (SSSR count). The van der Waals surface area contributed by atoms with Gasteiger partial charge in [-0.05, 0) is 70.7 Å². The van der Waals surface area contributed by atoms with Gasteiger partial charge in [-0.3, -0.25) is 19.2 Å². The van der Waals surface area contributed by atoms with Gasteiger partial charge in [0.2, 0.25) is 18.2 Å². The fourth-order valence-electron chi connectivity index (χ4n) is 3.50. The van der Waals surface area contributed by atoms with Crippen molar-refractivity contribution in [3.05, 3.63) is 102 Å². The summed E-state index contributed by atoms with van der Waals surface area (Å²) in [5.74, 6) is -1.38. The van der Waals surface area contributed by atoms with Crippen molar-refractivity contribution in [2.45, 2.75) is 58.5 Å². The number of aryl methyl sites for hydroxylation is 2. The number of carboxylic acid groups (broad SMARTS) is 1. The fraction of sp³-hybridized carbons (Fsp3) is 0.353. The Morgan fingerprint density at radius 1 is 0.822 bits per heavy atom. The molecule has 3 aromatic carbocycles. The first-order valence-electron chi connectivity index (χ1n) is 14.8. The normalized spacial score (nSPS) is 10.9. The van der Waals surface area contributed by atoms with E-state index in [9.17, 15) is 19.2 Å². The van der Waals surface area contributed by atoms with E-state index < -0.39 is 30.5 Å². The second-order valence-corrected chi connectivity index (χ2v) is 9.91. The van der Waals surface area contributed by atoms with Crippen LogP contribution >= 0.6 is 0 Å². The average molecular weight is 624 g/mol. The zero-order valence-electron chi connectivity index (χ0n) is 26.4. The molecule has 3 amide bonds. The molecule has 0 fully saturated rings. The van der Waals surface area contributed by atoms with E-state index in [-0.39, 0.29) is 5.91 Å². The zero-order chi connectivity index (χ0) is 33.9. The third-order valence-corrected chi connectivity index (χ3v) is 5.91. The first-order valence-corrected chi connectivity index (χ1v) is 14.8. The van der Waals surface area contributed by atoms with Gasteiger partial charge in [0.1, 0.15) is 18.3 Å². The summed E-state index contributed by atoms with van der Waals surface area (Å²) in [7, 11) is 0. The number of benzene rings is 3. The lowest BCUT2D eigenvalue weighted by molar-refractivity contribution is -0.138. The molecule has 0 aliphatic carbocycles. The van der Waals surface area contributed by atoms with Crippen molar-refractivity contribution in [3.8, 4) is 5.75 Å².